The molecule has 1 aromatic heterocycles. The molecule has 11 nitrogen and oxygen atoms in total. The number of para-hydroxylation sites is 2. The molecule has 1 aliphatic heterocycles. The number of ether oxygens (including phenoxy) is 1. The van der Waals surface area contributed by atoms with Gasteiger partial charge in [0.15, 0.2) is 0 Å². The quantitative estimate of drug-likeness (QED) is 0.507. The molecule has 36 heavy (non-hydrogen) atoms. The maximum atomic E-state index is 13.8. The molecule has 11 heteroatoms. The Morgan fingerprint density at radius 2 is 1.83 bits per heavy atom. The van der Waals surface area contributed by atoms with E-state index < -0.39 is 41.9 Å². The van der Waals surface area contributed by atoms with E-state index in [0.29, 0.717) is 17.3 Å². The van der Waals surface area contributed by atoms with Crippen molar-refractivity contribution in [2.45, 2.75) is 45.3 Å². The first kappa shape index (κ1) is 26.5. The fourth-order valence-corrected chi connectivity index (χ4v) is 3.96. The number of anilines is 2. The van der Waals surface area contributed by atoms with Crippen LogP contribution in [0.15, 0.2) is 42.6 Å². The third-order valence-electron chi connectivity index (χ3n) is 6.22. The summed E-state index contributed by atoms with van der Waals surface area (Å²) in [6, 6.07) is 7.51. The molecule has 2 heterocycles. The topological polar surface area (TPSA) is 141 Å². The molecule has 4 amide bonds. The molecule has 1 aliphatic rings. The Bertz CT molecular complexity index is 1150. The molecule has 1 unspecified atom stereocenters. The van der Waals surface area contributed by atoms with Crippen molar-refractivity contribution in [3.8, 4) is 5.75 Å². The van der Waals surface area contributed by atoms with Crippen molar-refractivity contribution in [2.24, 2.45) is 5.92 Å². The number of amides is 4. The minimum absolute atomic E-state index is 0.243. The molecular formula is C25H31N5O6. The number of carbonyl (C=O) groups is 4. The second-order valence-electron chi connectivity index (χ2n) is 8.90. The summed E-state index contributed by atoms with van der Waals surface area (Å²) >= 11 is 0. The Hall–Kier alpha value is -4.15. The van der Waals surface area contributed by atoms with Crippen LogP contribution in [0.3, 0.4) is 0 Å². The summed E-state index contributed by atoms with van der Waals surface area (Å²) in [6.45, 7) is 4.95. The van der Waals surface area contributed by atoms with E-state index in [9.17, 15) is 24.3 Å². The smallest absolute Gasteiger partial charge is 0.407 e. The second kappa shape index (κ2) is 11.1. The number of pyridine rings is 1. The van der Waals surface area contributed by atoms with Crippen LogP contribution in [-0.4, -0.2) is 71.1 Å². The van der Waals surface area contributed by atoms with Gasteiger partial charge in [-0.15, -0.1) is 0 Å². The van der Waals surface area contributed by atoms with Crippen LogP contribution >= 0.6 is 0 Å². The average molecular weight is 498 g/mol. The van der Waals surface area contributed by atoms with Crippen LogP contribution in [-0.2, 0) is 20.8 Å². The molecule has 3 rings (SSSR count). The fraction of sp³-hybridized carbons (Fsp3) is 0.400. The molecule has 1 aromatic carbocycles. The maximum absolute atomic E-state index is 13.8. The third kappa shape index (κ3) is 5.40. The lowest BCUT2D eigenvalue weighted by molar-refractivity contribution is -0.131. The molecule has 0 bridgehead atoms. The van der Waals surface area contributed by atoms with Crippen molar-refractivity contribution in [3.63, 3.8) is 0 Å². The summed E-state index contributed by atoms with van der Waals surface area (Å²) < 4.78 is 5.32. The summed E-state index contributed by atoms with van der Waals surface area (Å²) in [5, 5.41) is 14.7. The van der Waals surface area contributed by atoms with Crippen LogP contribution in [0.1, 0.15) is 26.3 Å². The molecule has 0 aliphatic carbocycles. The van der Waals surface area contributed by atoms with Crippen LogP contribution in [0.4, 0.5) is 16.3 Å². The van der Waals surface area contributed by atoms with Crippen LogP contribution < -0.4 is 20.3 Å². The van der Waals surface area contributed by atoms with Crippen LogP contribution in [0.25, 0.3) is 0 Å². The number of methoxy groups -OCH3 is 1. The van der Waals surface area contributed by atoms with Gasteiger partial charge in [-0.05, 0) is 36.6 Å². The lowest BCUT2D eigenvalue weighted by Gasteiger charge is -2.31. The molecule has 0 radical (unpaired) electrons. The number of hydrogen-bond donors (Lipinski definition) is 3. The Morgan fingerprint density at radius 1 is 1.14 bits per heavy atom. The molecule has 3 atom stereocenters. The summed E-state index contributed by atoms with van der Waals surface area (Å²) in [7, 11) is 2.77. The standard InChI is InChI=1S/C25H31N5O6/c1-14(2)20(28-22(31)15(3)29(4)25(34)35)24(33)30-18(13-16-9-8-12-26-21(16)30)23(32)27-17-10-6-7-11-19(17)36-5/h6-12,14-15,18,20H,13H2,1-5H3,(H,27,32)(H,28,31)(H,34,35)/t15-,18?,20-/m0/s1. The molecule has 0 spiro atoms. The van der Waals surface area contributed by atoms with E-state index in [1.165, 1.54) is 32.2 Å². The van der Waals surface area contributed by atoms with Gasteiger partial charge in [-0.2, -0.15) is 0 Å². The highest BCUT2D eigenvalue weighted by Gasteiger charge is 2.43. The molecule has 192 valence electrons. The Labute approximate surface area is 209 Å². The zero-order valence-corrected chi connectivity index (χ0v) is 20.9. The first-order chi connectivity index (χ1) is 17.1. The SMILES string of the molecule is COc1ccccc1NC(=O)C1Cc2cccnc2N1C(=O)[C@@H](NC(=O)[C@H](C)N(C)C(=O)O)C(C)C. The van der Waals surface area contributed by atoms with Gasteiger partial charge in [0.25, 0.3) is 5.91 Å². The molecule has 0 saturated carbocycles. The Morgan fingerprint density at radius 3 is 2.47 bits per heavy atom. The lowest BCUT2D eigenvalue weighted by atomic mass is 10.0. The number of carboxylic acid groups (broad SMARTS) is 1. The van der Waals surface area contributed by atoms with Gasteiger partial charge in [0.1, 0.15) is 29.7 Å². The minimum Gasteiger partial charge on any atom is -0.495 e. The number of nitrogens with zero attached hydrogens (tertiary/aromatic N) is 3. The zero-order valence-electron chi connectivity index (χ0n) is 20.9. The zero-order chi connectivity index (χ0) is 26.6. The van der Waals surface area contributed by atoms with Gasteiger partial charge in [-0.25, -0.2) is 9.78 Å². The second-order valence-corrected chi connectivity index (χ2v) is 8.90. The fourth-order valence-electron chi connectivity index (χ4n) is 3.96. The average Bonchev–Trinajstić information content (AvgIpc) is 3.25. The van der Waals surface area contributed by atoms with Crippen molar-refractivity contribution in [3.05, 3.63) is 48.2 Å². The van der Waals surface area contributed by atoms with Crippen molar-refractivity contribution in [1.82, 2.24) is 15.2 Å². The Kier molecular flexibility index (Phi) is 8.13. The maximum Gasteiger partial charge on any atom is 0.407 e. The summed E-state index contributed by atoms with van der Waals surface area (Å²) in [5.41, 5.74) is 1.18. The molecule has 0 fully saturated rings. The molecule has 0 saturated heterocycles. The molecule has 3 N–H and O–H groups in total. The number of carbonyl (C=O) groups excluding carboxylic acids is 3. The highest BCUT2D eigenvalue weighted by Crippen LogP contribution is 2.33. The van der Waals surface area contributed by atoms with Crippen molar-refractivity contribution < 1.29 is 29.0 Å². The first-order valence-corrected chi connectivity index (χ1v) is 11.5. The van der Waals surface area contributed by atoms with E-state index in [4.69, 9.17) is 4.74 Å². The first-order valence-electron chi connectivity index (χ1n) is 11.5. The van der Waals surface area contributed by atoms with Gasteiger partial charge in [0.05, 0.1) is 12.8 Å². The predicted molar refractivity (Wildman–Crippen MR) is 133 cm³/mol. The number of likely N-dealkylation sites (N-methyl/N-ethyl adjacent to an activating group) is 1. The highest BCUT2D eigenvalue weighted by molar-refractivity contribution is 6.09. The number of benzene rings is 1. The van der Waals surface area contributed by atoms with Gasteiger partial charge in [0.2, 0.25) is 11.8 Å². The van der Waals surface area contributed by atoms with Crippen molar-refractivity contribution in [2.75, 3.05) is 24.4 Å². The van der Waals surface area contributed by atoms with E-state index >= 15 is 0 Å². The minimum atomic E-state index is -1.27. The largest absolute Gasteiger partial charge is 0.495 e. The van der Waals surface area contributed by atoms with E-state index in [-0.39, 0.29) is 12.3 Å². The van der Waals surface area contributed by atoms with Gasteiger partial charge in [-0.3, -0.25) is 24.2 Å². The third-order valence-corrected chi connectivity index (χ3v) is 6.22. The van der Waals surface area contributed by atoms with Crippen molar-refractivity contribution >= 4 is 35.3 Å². The van der Waals surface area contributed by atoms with Crippen LogP contribution in [0, 0.1) is 5.92 Å². The number of fused-ring (bicyclic) bond motifs is 1. The monoisotopic (exact) mass is 497 g/mol. The summed E-state index contributed by atoms with van der Waals surface area (Å²) in [4.78, 5) is 57.8. The predicted octanol–water partition coefficient (Wildman–Crippen LogP) is 2.13. The lowest BCUT2D eigenvalue weighted by Crippen LogP contribution is -2.58. The summed E-state index contributed by atoms with van der Waals surface area (Å²) in [6.07, 6.45) is 0.509. The van der Waals surface area contributed by atoms with Gasteiger partial charge in [0, 0.05) is 19.7 Å². The normalized spacial score (nSPS) is 16.1. The van der Waals surface area contributed by atoms with E-state index in [2.05, 4.69) is 15.6 Å². The Balaban J connectivity index is 1.90. The van der Waals surface area contributed by atoms with E-state index in [0.717, 1.165) is 10.5 Å². The number of rotatable bonds is 8. The van der Waals surface area contributed by atoms with Crippen molar-refractivity contribution in [1.29, 1.82) is 0 Å². The number of nitrogens with one attached hydrogen (secondary N) is 2. The van der Waals surface area contributed by atoms with Gasteiger partial charge < -0.3 is 20.5 Å². The number of hydrogen-bond acceptors (Lipinski definition) is 6. The van der Waals surface area contributed by atoms with E-state index in [1.807, 2.05) is 0 Å². The van der Waals surface area contributed by atoms with Crippen LogP contribution in [0.5, 0.6) is 5.75 Å². The van der Waals surface area contributed by atoms with Crippen LogP contribution in [0.2, 0.25) is 0 Å². The van der Waals surface area contributed by atoms with Gasteiger partial charge in [-0.1, -0.05) is 32.0 Å². The van der Waals surface area contributed by atoms with Gasteiger partial charge >= 0.3 is 6.09 Å². The molecule has 2 aromatic rings. The van der Waals surface area contributed by atoms with E-state index in [1.54, 1.807) is 50.2 Å². The molecular weight excluding hydrogens is 466 g/mol. The highest BCUT2D eigenvalue weighted by atomic mass is 16.5. The summed E-state index contributed by atoms with van der Waals surface area (Å²) in [5.74, 6) is -1.10. The number of aromatic nitrogens is 1.